The Kier molecular flexibility index (Phi) is 7.80. The second-order valence-corrected chi connectivity index (χ2v) is 10.7. The van der Waals surface area contributed by atoms with Gasteiger partial charge in [-0.25, -0.2) is 0 Å². The third-order valence-electron chi connectivity index (χ3n) is 8.28. The van der Waals surface area contributed by atoms with Crippen LogP contribution in [0.5, 0.6) is 0 Å². The van der Waals surface area contributed by atoms with Gasteiger partial charge in [0.25, 0.3) is 0 Å². The van der Waals surface area contributed by atoms with Gasteiger partial charge in [-0.05, 0) is 19.3 Å². The third kappa shape index (κ3) is 5.25. The molecule has 7 atom stereocenters. The van der Waals surface area contributed by atoms with Crippen molar-refractivity contribution in [3.05, 3.63) is 0 Å². The molecule has 0 spiro atoms. The number of methoxy groups -OCH3 is 1. The number of morpholine rings is 1. The highest BCUT2D eigenvalue weighted by atomic mass is 16.5. The predicted molar refractivity (Wildman–Crippen MR) is 125 cm³/mol. The van der Waals surface area contributed by atoms with Crippen LogP contribution in [0.4, 0.5) is 0 Å². The van der Waals surface area contributed by atoms with Crippen LogP contribution in [-0.2, 0) is 28.6 Å². The number of fused-ring (bicyclic) bond motifs is 6. The van der Waals surface area contributed by atoms with Crippen LogP contribution in [-0.4, -0.2) is 144 Å². The van der Waals surface area contributed by atoms with E-state index < -0.39 is 30.5 Å². The number of hydrogen-bond acceptors (Lipinski definition) is 9. The molecule has 12 nitrogen and oxygen atoms in total. The lowest BCUT2D eigenvalue weighted by Gasteiger charge is -2.41. The third-order valence-corrected chi connectivity index (χ3v) is 8.28. The van der Waals surface area contributed by atoms with Gasteiger partial charge in [0, 0.05) is 51.9 Å². The van der Waals surface area contributed by atoms with Crippen molar-refractivity contribution >= 4 is 17.7 Å². The van der Waals surface area contributed by atoms with Gasteiger partial charge in [0.05, 0.1) is 31.3 Å². The number of ether oxygens (including phenoxy) is 3. The van der Waals surface area contributed by atoms with Crippen molar-refractivity contribution in [1.29, 1.82) is 0 Å². The summed E-state index contributed by atoms with van der Waals surface area (Å²) >= 11 is 0. The molecule has 0 radical (unpaired) electrons. The monoisotopic (exact) mass is 510 g/mol. The largest absolute Gasteiger partial charge is 0.388 e. The Labute approximate surface area is 210 Å². The summed E-state index contributed by atoms with van der Waals surface area (Å²) in [4.78, 5) is 45.0. The number of nitrogens with zero attached hydrogens (tertiary/aromatic N) is 3. The highest BCUT2D eigenvalue weighted by Crippen LogP contribution is 2.33. The molecule has 36 heavy (non-hydrogen) atoms. The highest BCUT2D eigenvalue weighted by Gasteiger charge is 2.47. The van der Waals surface area contributed by atoms with Gasteiger partial charge in [-0.1, -0.05) is 6.42 Å². The first kappa shape index (κ1) is 25.8. The van der Waals surface area contributed by atoms with Crippen molar-refractivity contribution in [2.24, 2.45) is 0 Å². The number of likely N-dealkylation sites (tertiary alicyclic amines) is 1. The van der Waals surface area contributed by atoms with E-state index in [0.717, 1.165) is 19.3 Å². The van der Waals surface area contributed by atoms with E-state index in [-0.39, 0.29) is 55.9 Å². The number of amides is 3. The Morgan fingerprint density at radius 3 is 2.61 bits per heavy atom. The SMILES string of the molecule is COCC(=O)N1C[C@@H]2CN(CCO2)C(=O)[C@@H]2C[C@@H](CN2C2CCC2)NC(=O)C[C@@H]2O[C@H](C1)[C@@H](O)[C@H]2O. The van der Waals surface area contributed by atoms with Crippen LogP contribution >= 0.6 is 0 Å². The maximum absolute atomic E-state index is 13.7. The zero-order valence-electron chi connectivity index (χ0n) is 20.8. The maximum atomic E-state index is 13.7. The Bertz CT molecular complexity index is 841. The number of nitrogens with one attached hydrogen (secondary N) is 1. The summed E-state index contributed by atoms with van der Waals surface area (Å²) in [5.74, 6) is -0.556. The molecule has 5 aliphatic rings. The summed E-state index contributed by atoms with van der Waals surface area (Å²) in [7, 11) is 1.42. The van der Waals surface area contributed by atoms with E-state index >= 15 is 0 Å². The molecule has 12 heteroatoms. The summed E-state index contributed by atoms with van der Waals surface area (Å²) in [5, 5.41) is 24.3. The Morgan fingerprint density at radius 1 is 1.11 bits per heavy atom. The topological polar surface area (TPSA) is 141 Å². The van der Waals surface area contributed by atoms with Gasteiger partial charge < -0.3 is 39.5 Å². The lowest BCUT2D eigenvalue weighted by atomic mass is 9.91. The van der Waals surface area contributed by atoms with E-state index in [1.807, 2.05) is 4.90 Å². The molecule has 4 heterocycles. The van der Waals surface area contributed by atoms with Crippen LogP contribution < -0.4 is 5.32 Å². The quantitative estimate of drug-likeness (QED) is 0.382. The zero-order chi connectivity index (χ0) is 25.4. The normalized spacial score (nSPS) is 38.7. The molecule has 3 N–H and O–H groups in total. The van der Waals surface area contributed by atoms with Gasteiger partial charge in [0.1, 0.15) is 24.9 Å². The van der Waals surface area contributed by atoms with E-state index in [9.17, 15) is 24.6 Å². The van der Waals surface area contributed by atoms with Gasteiger partial charge in [-0.3, -0.25) is 19.3 Å². The summed E-state index contributed by atoms with van der Waals surface area (Å²) < 4.78 is 16.9. The van der Waals surface area contributed by atoms with Crippen LogP contribution in [0.1, 0.15) is 32.1 Å². The minimum atomic E-state index is -1.25. The van der Waals surface area contributed by atoms with Crippen LogP contribution in [0, 0.1) is 0 Å². The van der Waals surface area contributed by atoms with E-state index in [1.165, 1.54) is 12.0 Å². The first-order valence-electron chi connectivity index (χ1n) is 13.1. The van der Waals surface area contributed by atoms with Crippen molar-refractivity contribution in [3.63, 3.8) is 0 Å². The summed E-state index contributed by atoms with van der Waals surface area (Å²) in [6.45, 7) is 1.84. The van der Waals surface area contributed by atoms with Gasteiger partial charge in [0.2, 0.25) is 17.7 Å². The first-order valence-corrected chi connectivity index (χ1v) is 13.1. The fraction of sp³-hybridized carbons (Fsp3) is 0.875. The van der Waals surface area contributed by atoms with Crippen LogP contribution in [0.3, 0.4) is 0 Å². The van der Waals surface area contributed by atoms with Crippen molar-refractivity contribution in [1.82, 2.24) is 20.0 Å². The van der Waals surface area contributed by atoms with Crippen LogP contribution in [0.2, 0.25) is 0 Å². The molecule has 1 aliphatic carbocycles. The average Bonchev–Trinajstić information content (AvgIpc) is 3.33. The molecule has 0 aromatic carbocycles. The fourth-order valence-corrected chi connectivity index (χ4v) is 6.14. The first-order chi connectivity index (χ1) is 17.3. The minimum absolute atomic E-state index is 0.00700. The number of aliphatic hydroxyl groups is 2. The zero-order valence-corrected chi connectivity index (χ0v) is 20.8. The minimum Gasteiger partial charge on any atom is -0.388 e. The van der Waals surface area contributed by atoms with Crippen LogP contribution in [0.25, 0.3) is 0 Å². The number of carbonyl (C=O) groups excluding carboxylic acids is 3. The molecule has 5 fully saturated rings. The van der Waals surface area contributed by atoms with E-state index in [0.29, 0.717) is 38.7 Å². The van der Waals surface area contributed by atoms with Crippen LogP contribution in [0.15, 0.2) is 0 Å². The highest BCUT2D eigenvalue weighted by molar-refractivity contribution is 5.83. The number of carbonyl (C=O) groups is 3. The molecule has 0 aromatic heterocycles. The molecule has 5 rings (SSSR count). The molecule has 1 saturated carbocycles. The smallest absolute Gasteiger partial charge is 0.248 e. The van der Waals surface area contributed by atoms with E-state index in [1.54, 1.807) is 0 Å². The van der Waals surface area contributed by atoms with Gasteiger partial charge in [-0.2, -0.15) is 0 Å². The maximum Gasteiger partial charge on any atom is 0.248 e. The lowest BCUT2D eigenvalue weighted by Crippen LogP contribution is -2.57. The molecular formula is C24H38N4O8. The van der Waals surface area contributed by atoms with Gasteiger partial charge in [-0.15, -0.1) is 0 Å². The predicted octanol–water partition coefficient (Wildman–Crippen LogP) is -2.31. The van der Waals surface area contributed by atoms with Crippen molar-refractivity contribution < 1.29 is 38.8 Å². The van der Waals surface area contributed by atoms with Gasteiger partial charge in [0.15, 0.2) is 0 Å². The molecule has 0 unspecified atom stereocenters. The standard InChI is InChI=1S/C24H38N4O8/c1-34-13-21(30)27-11-16-10-26(5-6-35-16)24(33)17-7-14(9-28(17)15-3-2-4-15)25-20(29)8-18-22(31)23(32)19(12-27)36-18/h14-19,22-23,31-32H,2-13H2,1H3,(H,25,29)/t14-,16-,17-,18-,19+,22-,23+/m0/s1. The molecule has 3 amide bonds. The summed E-state index contributed by atoms with van der Waals surface area (Å²) in [5.41, 5.74) is 0. The second kappa shape index (κ2) is 10.9. The molecular weight excluding hydrogens is 472 g/mol. The molecule has 202 valence electrons. The average molecular weight is 511 g/mol. The summed E-state index contributed by atoms with van der Waals surface area (Å²) in [6.07, 6.45) is -0.985. The summed E-state index contributed by atoms with van der Waals surface area (Å²) in [6, 6.07) is -0.131. The van der Waals surface area contributed by atoms with Crippen molar-refractivity contribution in [2.45, 2.75) is 80.7 Å². The van der Waals surface area contributed by atoms with E-state index in [2.05, 4.69) is 10.2 Å². The Morgan fingerprint density at radius 2 is 1.89 bits per heavy atom. The Hall–Kier alpha value is -1.83. The number of aliphatic hydroxyl groups excluding tert-OH is 2. The lowest BCUT2D eigenvalue weighted by molar-refractivity contribution is -0.149. The molecule has 6 bridgehead atoms. The van der Waals surface area contributed by atoms with Gasteiger partial charge >= 0.3 is 0 Å². The number of rotatable bonds is 3. The molecule has 0 aromatic rings. The molecule has 4 aliphatic heterocycles. The van der Waals surface area contributed by atoms with Crippen molar-refractivity contribution in [2.75, 3.05) is 53.0 Å². The second-order valence-electron chi connectivity index (χ2n) is 10.7. The van der Waals surface area contributed by atoms with Crippen molar-refractivity contribution in [3.8, 4) is 0 Å². The fourth-order valence-electron chi connectivity index (χ4n) is 6.14. The molecule has 4 saturated heterocycles. The Balaban J connectivity index is 1.40. The number of hydrogen-bond donors (Lipinski definition) is 3. The van der Waals surface area contributed by atoms with E-state index in [4.69, 9.17) is 14.2 Å².